The van der Waals surface area contributed by atoms with Crippen LogP contribution >= 0.6 is 0 Å². The lowest BCUT2D eigenvalue weighted by atomic mass is 9.82. The fraction of sp³-hybridized carbons (Fsp3) is 0.478. The van der Waals surface area contributed by atoms with Gasteiger partial charge in [-0.1, -0.05) is 0 Å². The van der Waals surface area contributed by atoms with E-state index in [2.05, 4.69) is 20.1 Å². The highest BCUT2D eigenvalue weighted by molar-refractivity contribution is 5.86. The highest BCUT2D eigenvalue weighted by atomic mass is 19.1. The molecule has 0 amide bonds. The molecule has 0 bridgehead atoms. The molecule has 1 saturated heterocycles. The number of alkyl halides is 1. The van der Waals surface area contributed by atoms with Crippen molar-refractivity contribution in [1.29, 1.82) is 0 Å². The molecule has 2 aliphatic rings. The molecule has 2 atom stereocenters. The lowest BCUT2D eigenvalue weighted by Gasteiger charge is -2.28. The van der Waals surface area contributed by atoms with Gasteiger partial charge in [-0.3, -0.25) is 9.69 Å². The fourth-order valence-corrected chi connectivity index (χ4v) is 4.66. The molecule has 0 N–H and O–H groups in total. The first-order chi connectivity index (χ1) is 14.6. The summed E-state index contributed by atoms with van der Waals surface area (Å²) in [4.78, 5) is 19.2. The van der Waals surface area contributed by atoms with Gasteiger partial charge in [-0.2, -0.15) is 10.2 Å². The fourth-order valence-electron chi connectivity index (χ4n) is 4.66. The molecular formula is C23H25FN4O2. The van der Waals surface area contributed by atoms with Gasteiger partial charge >= 0.3 is 0 Å². The molecule has 30 heavy (non-hydrogen) atoms. The van der Waals surface area contributed by atoms with Crippen molar-refractivity contribution in [2.75, 3.05) is 13.2 Å². The number of Topliss-reactive ketones (excluding diaryl/α,β-unsaturated/α-hetero) is 1. The van der Waals surface area contributed by atoms with Gasteiger partial charge in [0.15, 0.2) is 11.7 Å². The standard InChI is InChI=1S/C23H25FN4O2/c1-14-25-12-23(30-14)16-4-7-21-17(8-16)9-18(26-27-21)10-22(29)15-2-5-19(6-3-15)28-13-20(28)11-24/h4,7-9,12,15,19-20H,2-3,5-6,10-11,13H2,1H3. The average molecular weight is 408 g/mol. The van der Waals surface area contributed by atoms with E-state index in [1.54, 1.807) is 6.20 Å². The minimum Gasteiger partial charge on any atom is -0.441 e. The monoisotopic (exact) mass is 408 g/mol. The van der Waals surface area contributed by atoms with Crippen LogP contribution in [0.15, 0.2) is 34.9 Å². The summed E-state index contributed by atoms with van der Waals surface area (Å²) in [6.45, 7) is 2.44. The third-order valence-electron chi connectivity index (χ3n) is 6.45. The number of carbonyl (C=O) groups is 1. The molecule has 156 valence electrons. The Morgan fingerprint density at radius 3 is 2.73 bits per heavy atom. The van der Waals surface area contributed by atoms with Crippen molar-refractivity contribution in [2.45, 2.75) is 51.1 Å². The molecule has 0 spiro atoms. The second kappa shape index (κ2) is 7.87. The molecule has 7 heteroatoms. The SMILES string of the molecule is Cc1ncc(-c2ccc3nnc(CC(=O)C4CCC(N5CC5CF)CC4)cc3c2)o1. The van der Waals surface area contributed by atoms with E-state index >= 15 is 0 Å². The molecular weight excluding hydrogens is 383 g/mol. The van der Waals surface area contributed by atoms with Gasteiger partial charge in [0.05, 0.1) is 29.9 Å². The van der Waals surface area contributed by atoms with E-state index in [1.165, 1.54) is 0 Å². The summed E-state index contributed by atoms with van der Waals surface area (Å²) in [5, 5.41) is 9.49. The Balaban J connectivity index is 1.25. The predicted octanol–water partition coefficient (Wildman–Crippen LogP) is 3.92. The average Bonchev–Trinajstić information content (AvgIpc) is 3.44. The molecule has 0 radical (unpaired) electrons. The topological polar surface area (TPSA) is 71.9 Å². The van der Waals surface area contributed by atoms with Gasteiger partial charge in [0.25, 0.3) is 0 Å². The van der Waals surface area contributed by atoms with Crippen LogP contribution in [0.3, 0.4) is 0 Å². The molecule has 5 rings (SSSR count). The summed E-state index contributed by atoms with van der Waals surface area (Å²) in [6.07, 6.45) is 5.75. The first-order valence-electron chi connectivity index (χ1n) is 10.6. The van der Waals surface area contributed by atoms with Crippen LogP contribution in [0.4, 0.5) is 4.39 Å². The number of benzene rings is 1. The van der Waals surface area contributed by atoms with E-state index in [-0.39, 0.29) is 24.4 Å². The van der Waals surface area contributed by atoms with Gasteiger partial charge in [-0.25, -0.2) is 9.37 Å². The largest absolute Gasteiger partial charge is 0.441 e. The van der Waals surface area contributed by atoms with Crippen molar-refractivity contribution < 1.29 is 13.6 Å². The number of carbonyl (C=O) groups excluding carboxylic acids is 1. The van der Waals surface area contributed by atoms with E-state index in [0.29, 0.717) is 29.8 Å². The van der Waals surface area contributed by atoms with Gasteiger partial charge < -0.3 is 4.42 Å². The lowest BCUT2D eigenvalue weighted by Crippen LogP contribution is -2.31. The highest BCUT2D eigenvalue weighted by Gasteiger charge is 2.41. The summed E-state index contributed by atoms with van der Waals surface area (Å²) in [6, 6.07) is 8.35. The highest BCUT2D eigenvalue weighted by Crippen LogP contribution is 2.34. The number of hydrogen-bond donors (Lipinski definition) is 0. The summed E-state index contributed by atoms with van der Waals surface area (Å²) >= 11 is 0. The zero-order valence-electron chi connectivity index (χ0n) is 17.1. The smallest absolute Gasteiger partial charge is 0.191 e. The number of rotatable bonds is 6. The number of ketones is 1. The van der Waals surface area contributed by atoms with Crippen molar-refractivity contribution in [1.82, 2.24) is 20.1 Å². The van der Waals surface area contributed by atoms with Crippen molar-refractivity contribution >= 4 is 16.7 Å². The first-order valence-corrected chi connectivity index (χ1v) is 10.6. The Bertz CT molecular complexity index is 1070. The number of nitrogens with zero attached hydrogens (tertiary/aromatic N) is 4. The number of hydrogen-bond acceptors (Lipinski definition) is 6. The van der Waals surface area contributed by atoms with Gasteiger partial charge in [-0.05, 0) is 49.9 Å². The van der Waals surface area contributed by atoms with Crippen molar-refractivity contribution in [3.8, 4) is 11.3 Å². The lowest BCUT2D eigenvalue weighted by molar-refractivity contribution is -0.123. The Hall–Kier alpha value is -2.67. The molecule has 1 saturated carbocycles. The molecule has 1 aromatic carbocycles. The van der Waals surface area contributed by atoms with Gasteiger partial charge in [0.1, 0.15) is 12.5 Å². The van der Waals surface area contributed by atoms with Crippen molar-refractivity contribution in [3.63, 3.8) is 0 Å². The molecule has 6 nitrogen and oxygen atoms in total. The summed E-state index contributed by atoms with van der Waals surface area (Å²) in [7, 11) is 0. The minimum atomic E-state index is -0.253. The van der Waals surface area contributed by atoms with E-state index in [4.69, 9.17) is 4.42 Å². The third-order valence-corrected chi connectivity index (χ3v) is 6.45. The molecule has 2 aromatic heterocycles. The zero-order valence-corrected chi connectivity index (χ0v) is 17.1. The molecule has 3 heterocycles. The maximum atomic E-state index is 12.8. The Morgan fingerprint density at radius 1 is 1.20 bits per heavy atom. The molecule has 3 aromatic rings. The molecule has 1 aliphatic heterocycles. The Morgan fingerprint density at radius 2 is 2.03 bits per heavy atom. The van der Waals surface area contributed by atoms with Gasteiger partial charge in [0.2, 0.25) is 0 Å². The summed E-state index contributed by atoms with van der Waals surface area (Å²) in [5.41, 5.74) is 2.41. The normalized spacial score (nSPS) is 26.1. The molecule has 2 fully saturated rings. The van der Waals surface area contributed by atoms with E-state index in [9.17, 15) is 9.18 Å². The quantitative estimate of drug-likeness (QED) is 0.576. The molecule has 2 unspecified atom stereocenters. The predicted molar refractivity (Wildman–Crippen MR) is 111 cm³/mol. The third kappa shape index (κ3) is 3.86. The number of halogens is 1. The van der Waals surface area contributed by atoms with Crippen LogP contribution in [0.2, 0.25) is 0 Å². The van der Waals surface area contributed by atoms with E-state index < -0.39 is 0 Å². The van der Waals surface area contributed by atoms with Crippen LogP contribution in [0.1, 0.15) is 37.3 Å². The van der Waals surface area contributed by atoms with Gasteiger partial charge in [-0.15, -0.1) is 0 Å². The van der Waals surface area contributed by atoms with E-state index in [1.807, 2.05) is 31.2 Å². The minimum absolute atomic E-state index is 0.0750. The van der Waals surface area contributed by atoms with Crippen LogP contribution in [0, 0.1) is 12.8 Å². The summed E-state index contributed by atoms with van der Waals surface area (Å²) < 4.78 is 18.4. The zero-order chi connectivity index (χ0) is 20.7. The molecule has 1 aliphatic carbocycles. The van der Waals surface area contributed by atoms with Crippen LogP contribution in [0.25, 0.3) is 22.2 Å². The van der Waals surface area contributed by atoms with Crippen molar-refractivity contribution in [2.24, 2.45) is 5.92 Å². The second-order valence-electron chi connectivity index (χ2n) is 8.51. The number of aryl methyl sites for hydroxylation is 1. The maximum absolute atomic E-state index is 12.8. The summed E-state index contributed by atoms with van der Waals surface area (Å²) in [5.74, 6) is 1.64. The van der Waals surface area contributed by atoms with Crippen LogP contribution in [-0.2, 0) is 11.2 Å². The Kier molecular flexibility index (Phi) is 5.06. The Labute approximate surface area is 174 Å². The van der Waals surface area contributed by atoms with Crippen LogP contribution < -0.4 is 0 Å². The maximum Gasteiger partial charge on any atom is 0.191 e. The van der Waals surface area contributed by atoms with Crippen LogP contribution in [0.5, 0.6) is 0 Å². The van der Waals surface area contributed by atoms with Crippen LogP contribution in [-0.4, -0.2) is 51.2 Å². The first kappa shape index (κ1) is 19.3. The van der Waals surface area contributed by atoms with Crippen molar-refractivity contribution in [3.05, 3.63) is 42.0 Å². The second-order valence-corrected chi connectivity index (χ2v) is 8.51. The number of oxazole rings is 1. The number of fused-ring (bicyclic) bond motifs is 1. The van der Waals surface area contributed by atoms with E-state index in [0.717, 1.165) is 48.7 Å². The van der Waals surface area contributed by atoms with Gasteiger partial charge in [0, 0.05) is 36.4 Å². The number of aromatic nitrogens is 3.